The second-order valence-corrected chi connectivity index (χ2v) is 9.78. The number of sulfonamides is 1. The van der Waals surface area contributed by atoms with Crippen LogP contribution in [-0.2, 0) is 10.0 Å². The number of rotatable bonds is 3. The fraction of sp³-hybridized carbons (Fsp3) is 0.381. The van der Waals surface area contributed by atoms with Crippen LogP contribution in [0.2, 0.25) is 0 Å². The van der Waals surface area contributed by atoms with Gasteiger partial charge in [0.25, 0.3) is 0 Å². The quantitative estimate of drug-likeness (QED) is 0.687. The minimum atomic E-state index is -3.50. The molecule has 0 bridgehead atoms. The number of pyridine rings is 1. The molecule has 1 aliphatic rings. The summed E-state index contributed by atoms with van der Waals surface area (Å²) in [6.45, 7) is 7.43. The Morgan fingerprint density at radius 1 is 1.07 bits per heavy atom. The van der Waals surface area contributed by atoms with E-state index in [2.05, 4.69) is 13.8 Å². The fourth-order valence-electron chi connectivity index (χ4n) is 4.06. The summed E-state index contributed by atoms with van der Waals surface area (Å²) in [6, 6.07) is 11.1. The van der Waals surface area contributed by atoms with Gasteiger partial charge in [-0.05, 0) is 48.9 Å². The Balaban J connectivity index is 1.72. The fourth-order valence-corrected chi connectivity index (χ4v) is 5.79. The standard InChI is InChI=1S/C21H25N3O2S/c1-15-10-16(2)13-24(12-15)27(25,26)19-8-4-7-18(11-19)20-14-23-9-5-6-17(3)21(23)22-20/h4-9,11,14-16H,10,12-13H2,1-3H3/t15-,16-/m0/s1. The van der Waals surface area contributed by atoms with Crippen molar-refractivity contribution in [3.8, 4) is 11.3 Å². The molecular weight excluding hydrogens is 358 g/mol. The first kappa shape index (κ1) is 18.2. The second kappa shape index (κ2) is 6.77. The lowest BCUT2D eigenvalue weighted by Crippen LogP contribution is -2.42. The molecule has 0 radical (unpaired) electrons. The minimum absolute atomic E-state index is 0.343. The number of nitrogens with zero attached hydrogens (tertiary/aromatic N) is 3. The van der Waals surface area contributed by atoms with E-state index in [1.54, 1.807) is 22.5 Å². The molecule has 0 amide bonds. The Hall–Kier alpha value is -2.18. The van der Waals surface area contributed by atoms with Crippen LogP contribution in [-0.4, -0.2) is 35.2 Å². The molecule has 1 saturated heterocycles. The summed E-state index contributed by atoms with van der Waals surface area (Å²) in [5.74, 6) is 0.765. The van der Waals surface area contributed by atoms with Gasteiger partial charge >= 0.3 is 0 Å². The first-order valence-corrected chi connectivity index (χ1v) is 10.8. The number of hydrogen-bond acceptors (Lipinski definition) is 3. The smallest absolute Gasteiger partial charge is 0.243 e. The van der Waals surface area contributed by atoms with Crippen LogP contribution in [0.15, 0.2) is 53.7 Å². The van der Waals surface area contributed by atoms with E-state index in [4.69, 9.17) is 4.98 Å². The molecule has 6 heteroatoms. The summed E-state index contributed by atoms with van der Waals surface area (Å²) in [6.07, 6.45) is 4.97. The number of fused-ring (bicyclic) bond motifs is 1. The largest absolute Gasteiger partial charge is 0.306 e. The Morgan fingerprint density at radius 3 is 2.52 bits per heavy atom. The molecule has 2 atom stereocenters. The highest BCUT2D eigenvalue weighted by Crippen LogP contribution is 2.29. The number of hydrogen-bond donors (Lipinski definition) is 0. The number of benzene rings is 1. The summed E-state index contributed by atoms with van der Waals surface area (Å²) in [5, 5.41) is 0. The lowest BCUT2D eigenvalue weighted by molar-refractivity contribution is 0.222. The molecule has 0 aliphatic carbocycles. The number of aromatic nitrogens is 2. The molecule has 27 heavy (non-hydrogen) atoms. The second-order valence-electron chi connectivity index (χ2n) is 7.84. The van der Waals surface area contributed by atoms with E-state index >= 15 is 0 Å². The molecule has 3 aromatic rings. The van der Waals surface area contributed by atoms with Gasteiger partial charge in [-0.25, -0.2) is 13.4 Å². The maximum Gasteiger partial charge on any atom is 0.243 e. The monoisotopic (exact) mass is 383 g/mol. The van der Waals surface area contributed by atoms with E-state index in [0.717, 1.165) is 28.9 Å². The van der Waals surface area contributed by atoms with Crippen LogP contribution in [0.1, 0.15) is 25.8 Å². The lowest BCUT2D eigenvalue weighted by atomic mass is 9.94. The van der Waals surface area contributed by atoms with E-state index in [0.29, 0.717) is 29.8 Å². The average molecular weight is 384 g/mol. The van der Waals surface area contributed by atoms with Gasteiger partial charge in [-0.2, -0.15) is 4.31 Å². The SMILES string of the molecule is Cc1cccn2cc(-c3cccc(S(=O)(=O)N4C[C@@H](C)C[C@H](C)C4)c3)nc12. The minimum Gasteiger partial charge on any atom is -0.306 e. The van der Waals surface area contributed by atoms with Crippen molar-refractivity contribution in [2.75, 3.05) is 13.1 Å². The molecule has 0 saturated carbocycles. The molecule has 1 fully saturated rings. The van der Waals surface area contributed by atoms with Crippen molar-refractivity contribution in [1.29, 1.82) is 0 Å². The highest BCUT2D eigenvalue weighted by Gasteiger charge is 2.31. The van der Waals surface area contributed by atoms with Crippen molar-refractivity contribution in [2.24, 2.45) is 11.8 Å². The highest BCUT2D eigenvalue weighted by molar-refractivity contribution is 7.89. The Kier molecular flexibility index (Phi) is 4.56. The van der Waals surface area contributed by atoms with Crippen molar-refractivity contribution in [1.82, 2.24) is 13.7 Å². The van der Waals surface area contributed by atoms with E-state index in [1.807, 2.05) is 41.9 Å². The van der Waals surface area contributed by atoms with Crippen molar-refractivity contribution in [3.63, 3.8) is 0 Å². The highest BCUT2D eigenvalue weighted by atomic mass is 32.2. The summed E-state index contributed by atoms with van der Waals surface area (Å²) < 4.78 is 30.0. The van der Waals surface area contributed by atoms with E-state index in [-0.39, 0.29) is 0 Å². The zero-order valence-electron chi connectivity index (χ0n) is 16.0. The van der Waals surface area contributed by atoms with Gasteiger partial charge in [-0.15, -0.1) is 0 Å². The van der Waals surface area contributed by atoms with Crippen LogP contribution in [0.25, 0.3) is 16.9 Å². The van der Waals surface area contributed by atoms with E-state index < -0.39 is 10.0 Å². The van der Waals surface area contributed by atoms with Crippen LogP contribution >= 0.6 is 0 Å². The van der Waals surface area contributed by atoms with Gasteiger partial charge in [0, 0.05) is 31.0 Å². The summed E-state index contributed by atoms with van der Waals surface area (Å²) in [5.41, 5.74) is 3.57. The van der Waals surface area contributed by atoms with Crippen LogP contribution in [0.5, 0.6) is 0 Å². The molecule has 0 spiro atoms. The summed E-state index contributed by atoms with van der Waals surface area (Å²) >= 11 is 0. The summed E-state index contributed by atoms with van der Waals surface area (Å²) in [4.78, 5) is 5.04. The van der Waals surface area contributed by atoms with Gasteiger partial charge in [0.15, 0.2) is 0 Å². The maximum atomic E-state index is 13.2. The van der Waals surface area contributed by atoms with Crippen molar-refractivity contribution in [3.05, 3.63) is 54.4 Å². The third kappa shape index (κ3) is 3.39. The van der Waals surface area contributed by atoms with Crippen LogP contribution in [0.4, 0.5) is 0 Å². The van der Waals surface area contributed by atoms with Crippen LogP contribution in [0.3, 0.4) is 0 Å². The predicted octanol–water partition coefficient (Wildman–Crippen LogP) is 3.98. The van der Waals surface area contributed by atoms with Crippen molar-refractivity contribution >= 4 is 15.7 Å². The molecule has 0 N–H and O–H groups in total. The number of imidazole rings is 1. The molecule has 4 rings (SSSR count). The number of aryl methyl sites for hydroxylation is 1. The predicted molar refractivity (Wildman–Crippen MR) is 107 cm³/mol. The molecule has 0 unspecified atom stereocenters. The normalized spacial score (nSPS) is 21.6. The molecule has 1 aromatic carbocycles. The van der Waals surface area contributed by atoms with Gasteiger partial charge in [-0.1, -0.05) is 32.0 Å². The third-order valence-corrected chi connectivity index (χ3v) is 7.11. The molecule has 5 nitrogen and oxygen atoms in total. The van der Waals surface area contributed by atoms with Crippen molar-refractivity contribution in [2.45, 2.75) is 32.1 Å². The first-order valence-electron chi connectivity index (χ1n) is 9.39. The summed E-state index contributed by atoms with van der Waals surface area (Å²) in [7, 11) is -3.50. The average Bonchev–Trinajstić information content (AvgIpc) is 3.07. The van der Waals surface area contributed by atoms with Gasteiger partial charge < -0.3 is 4.40 Å². The van der Waals surface area contributed by atoms with E-state index in [9.17, 15) is 8.42 Å². The zero-order valence-corrected chi connectivity index (χ0v) is 16.8. The Labute approximate surface area is 160 Å². The lowest BCUT2D eigenvalue weighted by Gasteiger charge is -2.34. The first-order chi connectivity index (χ1) is 12.8. The third-order valence-electron chi connectivity index (χ3n) is 5.28. The maximum absolute atomic E-state index is 13.2. The molecule has 3 heterocycles. The Morgan fingerprint density at radius 2 is 1.81 bits per heavy atom. The number of piperidine rings is 1. The van der Waals surface area contributed by atoms with Gasteiger partial charge in [0.05, 0.1) is 10.6 Å². The van der Waals surface area contributed by atoms with Gasteiger partial charge in [0.1, 0.15) is 5.65 Å². The molecule has 142 valence electrons. The van der Waals surface area contributed by atoms with Crippen LogP contribution in [0, 0.1) is 18.8 Å². The van der Waals surface area contributed by atoms with E-state index in [1.165, 1.54) is 0 Å². The van der Waals surface area contributed by atoms with Gasteiger partial charge in [-0.3, -0.25) is 0 Å². The molecular formula is C21H25N3O2S. The molecule has 1 aliphatic heterocycles. The zero-order chi connectivity index (χ0) is 19.2. The van der Waals surface area contributed by atoms with Crippen LogP contribution < -0.4 is 0 Å². The topological polar surface area (TPSA) is 54.7 Å². The van der Waals surface area contributed by atoms with Crippen molar-refractivity contribution < 1.29 is 8.42 Å². The van der Waals surface area contributed by atoms with Gasteiger partial charge in [0.2, 0.25) is 10.0 Å². The molecule has 2 aromatic heterocycles. The Bertz CT molecular complexity index is 1080.